The number of nitrogens with one attached hydrogen (secondary N) is 1. The number of benzene rings is 1. The molecule has 0 bridgehead atoms. The predicted octanol–water partition coefficient (Wildman–Crippen LogP) is -1.25. The van der Waals surface area contributed by atoms with Crippen LogP contribution in [0.15, 0.2) is 23.1 Å². The van der Waals surface area contributed by atoms with Gasteiger partial charge in [0.25, 0.3) is 0 Å². The molecule has 104 valence electrons. The maximum absolute atomic E-state index is 11.9. The van der Waals surface area contributed by atoms with E-state index in [2.05, 4.69) is 4.72 Å². The zero-order valence-electron chi connectivity index (χ0n) is 10.00. The third kappa shape index (κ3) is 3.03. The molecular weight excluding hydrogens is 272 g/mol. The molecule has 1 heterocycles. The number of hydrogen-bond acceptors (Lipinski definition) is 5. The molecule has 0 aliphatic carbocycles. The highest BCUT2D eigenvalue weighted by Crippen LogP contribution is 2.27. The van der Waals surface area contributed by atoms with Gasteiger partial charge in [0.1, 0.15) is 11.9 Å². The lowest BCUT2D eigenvalue weighted by Gasteiger charge is -2.10. The highest BCUT2D eigenvalue weighted by Gasteiger charge is 2.21. The fourth-order valence-electron chi connectivity index (χ4n) is 1.70. The third-order valence-electron chi connectivity index (χ3n) is 2.77. The van der Waals surface area contributed by atoms with Crippen LogP contribution in [0.1, 0.15) is 5.56 Å². The van der Waals surface area contributed by atoms with Crippen molar-refractivity contribution in [3.63, 3.8) is 0 Å². The van der Waals surface area contributed by atoms with Gasteiger partial charge in [-0.15, -0.1) is 0 Å². The van der Waals surface area contributed by atoms with Crippen LogP contribution in [-0.4, -0.2) is 38.7 Å². The summed E-state index contributed by atoms with van der Waals surface area (Å²) in [7, 11) is -3.78. The number of nitrogens with two attached hydrogens (primary N) is 1. The maximum Gasteiger partial charge on any atom is 0.247 e. The molecule has 0 saturated carbocycles. The zero-order chi connectivity index (χ0) is 14.0. The van der Waals surface area contributed by atoms with Gasteiger partial charge >= 0.3 is 0 Å². The summed E-state index contributed by atoms with van der Waals surface area (Å²) < 4.78 is 31.3. The van der Waals surface area contributed by atoms with Crippen molar-refractivity contribution in [2.24, 2.45) is 5.73 Å². The number of carbonyl (C=O) groups excluding carboxylic acids is 1. The lowest BCUT2D eigenvalue weighted by molar-refractivity contribution is -0.125. The van der Waals surface area contributed by atoms with Crippen LogP contribution in [0.4, 0.5) is 0 Å². The van der Waals surface area contributed by atoms with Crippen molar-refractivity contribution in [1.29, 1.82) is 0 Å². The molecular formula is C11H14N2O5S. The first kappa shape index (κ1) is 13.8. The van der Waals surface area contributed by atoms with E-state index in [1.807, 2.05) is 0 Å². The Kier molecular flexibility index (Phi) is 3.74. The minimum absolute atomic E-state index is 0.0634. The van der Waals surface area contributed by atoms with Gasteiger partial charge in [-0.1, -0.05) is 0 Å². The number of primary amides is 1. The van der Waals surface area contributed by atoms with Gasteiger partial charge in [-0.2, -0.15) is 0 Å². The van der Waals surface area contributed by atoms with E-state index in [4.69, 9.17) is 10.5 Å². The molecule has 0 saturated heterocycles. The molecule has 0 spiro atoms. The van der Waals surface area contributed by atoms with E-state index in [1.165, 1.54) is 12.1 Å². The summed E-state index contributed by atoms with van der Waals surface area (Å²) in [5, 5.41) is 9.17. The smallest absolute Gasteiger partial charge is 0.247 e. The Hall–Kier alpha value is -1.64. The quantitative estimate of drug-likeness (QED) is 0.624. The lowest BCUT2D eigenvalue weighted by atomic mass is 10.2. The number of fused-ring (bicyclic) bond motifs is 1. The molecule has 2 rings (SSSR count). The number of aliphatic hydroxyl groups is 1. The summed E-state index contributed by atoms with van der Waals surface area (Å²) in [6.07, 6.45) is -0.893. The summed E-state index contributed by atoms with van der Waals surface area (Å²) >= 11 is 0. The van der Waals surface area contributed by atoms with Crippen LogP contribution >= 0.6 is 0 Å². The van der Waals surface area contributed by atoms with Gasteiger partial charge in [0.05, 0.1) is 11.5 Å². The standard InChI is InChI=1S/C11H14N2O5S/c12-11(15)9(14)6-13-19(16,17)8-1-2-10-7(5-8)3-4-18-10/h1-2,5,9,13-14H,3-4,6H2,(H2,12,15). The van der Waals surface area contributed by atoms with Crippen molar-refractivity contribution < 1.29 is 23.1 Å². The Labute approximate surface area is 110 Å². The van der Waals surface area contributed by atoms with Crippen LogP contribution in [0.2, 0.25) is 0 Å². The number of sulfonamides is 1. The summed E-state index contributed by atoms with van der Waals surface area (Å²) in [6, 6.07) is 4.51. The molecule has 4 N–H and O–H groups in total. The van der Waals surface area contributed by atoms with Crippen molar-refractivity contribution in [3.8, 4) is 5.75 Å². The van der Waals surface area contributed by atoms with Gasteiger partial charge in [-0.25, -0.2) is 13.1 Å². The van der Waals surface area contributed by atoms with E-state index in [1.54, 1.807) is 6.07 Å². The Balaban J connectivity index is 2.14. The van der Waals surface area contributed by atoms with E-state index in [0.29, 0.717) is 18.8 Å². The van der Waals surface area contributed by atoms with Gasteiger partial charge in [0.2, 0.25) is 15.9 Å². The maximum atomic E-state index is 11.9. The second-order valence-corrected chi connectivity index (χ2v) is 5.91. The Bertz CT molecular complexity index is 599. The topological polar surface area (TPSA) is 119 Å². The van der Waals surface area contributed by atoms with Gasteiger partial charge in [0.15, 0.2) is 0 Å². The Morgan fingerprint density at radius 1 is 1.53 bits per heavy atom. The van der Waals surface area contributed by atoms with Crippen molar-refractivity contribution >= 4 is 15.9 Å². The van der Waals surface area contributed by atoms with Crippen molar-refractivity contribution in [1.82, 2.24) is 4.72 Å². The van der Waals surface area contributed by atoms with Crippen LogP contribution < -0.4 is 15.2 Å². The molecule has 1 aliphatic heterocycles. The van der Waals surface area contributed by atoms with Crippen LogP contribution in [0.25, 0.3) is 0 Å². The van der Waals surface area contributed by atoms with Crippen LogP contribution in [-0.2, 0) is 21.2 Å². The third-order valence-corrected chi connectivity index (χ3v) is 4.19. The Morgan fingerprint density at radius 3 is 2.95 bits per heavy atom. The van der Waals surface area contributed by atoms with Crippen molar-refractivity contribution in [2.45, 2.75) is 17.4 Å². The first-order valence-electron chi connectivity index (χ1n) is 5.63. The molecule has 1 amide bonds. The SMILES string of the molecule is NC(=O)C(O)CNS(=O)(=O)c1ccc2c(c1)CCO2. The molecule has 7 nitrogen and oxygen atoms in total. The zero-order valence-corrected chi connectivity index (χ0v) is 10.8. The van der Waals surface area contributed by atoms with Crippen LogP contribution in [0.3, 0.4) is 0 Å². The molecule has 1 aromatic carbocycles. The van der Waals surface area contributed by atoms with Gasteiger partial charge in [-0.3, -0.25) is 4.79 Å². The number of aliphatic hydroxyl groups excluding tert-OH is 1. The molecule has 0 radical (unpaired) electrons. The molecule has 8 heteroatoms. The summed E-state index contributed by atoms with van der Waals surface area (Å²) in [5.74, 6) is -0.304. The molecule has 1 unspecified atom stereocenters. The van der Waals surface area contributed by atoms with Crippen molar-refractivity contribution in [2.75, 3.05) is 13.2 Å². The highest BCUT2D eigenvalue weighted by molar-refractivity contribution is 7.89. The fourth-order valence-corrected chi connectivity index (χ4v) is 2.79. The minimum atomic E-state index is -3.78. The molecule has 1 atom stereocenters. The van der Waals surface area contributed by atoms with E-state index in [0.717, 1.165) is 5.56 Å². The van der Waals surface area contributed by atoms with Crippen LogP contribution in [0, 0.1) is 0 Å². The van der Waals surface area contributed by atoms with E-state index in [-0.39, 0.29) is 4.90 Å². The average molecular weight is 286 g/mol. The predicted molar refractivity (Wildman–Crippen MR) is 66.0 cm³/mol. The average Bonchev–Trinajstić information content (AvgIpc) is 2.82. The first-order valence-corrected chi connectivity index (χ1v) is 7.11. The van der Waals surface area contributed by atoms with Gasteiger partial charge in [-0.05, 0) is 23.8 Å². The number of amides is 1. The van der Waals surface area contributed by atoms with E-state index >= 15 is 0 Å². The monoisotopic (exact) mass is 286 g/mol. The number of carbonyl (C=O) groups is 1. The number of rotatable bonds is 5. The molecule has 0 fully saturated rings. The largest absolute Gasteiger partial charge is 0.493 e. The number of hydrogen-bond donors (Lipinski definition) is 3. The minimum Gasteiger partial charge on any atom is -0.493 e. The number of ether oxygens (including phenoxy) is 1. The second kappa shape index (κ2) is 5.16. The molecule has 0 aromatic heterocycles. The molecule has 1 aromatic rings. The van der Waals surface area contributed by atoms with Crippen molar-refractivity contribution in [3.05, 3.63) is 23.8 Å². The highest BCUT2D eigenvalue weighted by atomic mass is 32.2. The second-order valence-electron chi connectivity index (χ2n) is 4.14. The van der Waals surface area contributed by atoms with Gasteiger partial charge in [0, 0.05) is 13.0 Å². The Morgan fingerprint density at radius 2 is 2.26 bits per heavy atom. The first-order chi connectivity index (χ1) is 8.90. The summed E-state index contributed by atoms with van der Waals surface area (Å²) in [6.45, 7) is 0.0813. The molecule has 1 aliphatic rings. The normalized spacial score (nSPS) is 15.6. The molecule has 19 heavy (non-hydrogen) atoms. The summed E-state index contributed by atoms with van der Waals surface area (Å²) in [5.41, 5.74) is 5.66. The van der Waals surface area contributed by atoms with Crippen LogP contribution in [0.5, 0.6) is 5.75 Å². The van der Waals surface area contributed by atoms with Gasteiger partial charge < -0.3 is 15.6 Å². The van der Waals surface area contributed by atoms with E-state index in [9.17, 15) is 18.3 Å². The van der Waals surface area contributed by atoms with E-state index < -0.39 is 28.6 Å². The fraction of sp³-hybridized carbons (Fsp3) is 0.364. The lowest BCUT2D eigenvalue weighted by Crippen LogP contribution is -2.39. The summed E-state index contributed by atoms with van der Waals surface area (Å²) in [4.78, 5) is 10.7.